The van der Waals surface area contributed by atoms with Gasteiger partial charge in [0.15, 0.2) is 9.84 Å². The quantitative estimate of drug-likeness (QED) is 0.126. The van der Waals surface area contributed by atoms with Crippen LogP contribution in [0, 0.1) is 0 Å². The third kappa shape index (κ3) is 8.65. The molecule has 36 heavy (non-hydrogen) atoms. The van der Waals surface area contributed by atoms with Gasteiger partial charge in [-0.15, -0.1) is 0 Å². The maximum Gasteiger partial charge on any atom is 0.330 e. The highest BCUT2D eigenvalue weighted by molar-refractivity contribution is 7.91. The van der Waals surface area contributed by atoms with Gasteiger partial charge in [-0.05, 0) is 74.3 Å². The number of carbonyl (C=O) groups excluding carboxylic acids is 1. The maximum absolute atomic E-state index is 13.1. The van der Waals surface area contributed by atoms with Crippen molar-refractivity contribution < 1.29 is 22.7 Å². The van der Waals surface area contributed by atoms with Crippen molar-refractivity contribution in [2.24, 2.45) is 0 Å². The summed E-state index contributed by atoms with van der Waals surface area (Å²) in [5.74, 6) is 0.429. The Morgan fingerprint density at radius 3 is 2.50 bits per heavy atom. The van der Waals surface area contributed by atoms with E-state index >= 15 is 0 Å². The lowest BCUT2D eigenvalue weighted by Gasteiger charge is -2.26. The summed E-state index contributed by atoms with van der Waals surface area (Å²) in [6, 6.07) is 3.78. The number of fused-ring (bicyclic) bond motifs is 1. The van der Waals surface area contributed by atoms with E-state index in [1.807, 2.05) is 38.1 Å². The minimum Gasteiger partial charge on any atom is -0.493 e. The molecule has 2 rings (SSSR count). The number of hydrogen-bond acceptors (Lipinski definition) is 5. The van der Waals surface area contributed by atoms with Crippen LogP contribution < -0.4 is 4.74 Å². The van der Waals surface area contributed by atoms with Crippen molar-refractivity contribution in [2.75, 3.05) is 19.0 Å². The average Bonchev–Trinajstić information content (AvgIpc) is 2.88. The first-order valence-corrected chi connectivity index (χ1v) is 14.9. The Labute approximate surface area is 218 Å². The number of esters is 1. The topological polar surface area (TPSA) is 69.7 Å². The second kappa shape index (κ2) is 13.8. The van der Waals surface area contributed by atoms with Crippen LogP contribution in [-0.2, 0) is 24.8 Å². The van der Waals surface area contributed by atoms with Crippen LogP contribution >= 0.6 is 0 Å². The highest BCUT2D eigenvalue weighted by atomic mass is 32.2. The van der Waals surface area contributed by atoms with Crippen LogP contribution in [0.2, 0.25) is 0 Å². The highest BCUT2D eigenvalue weighted by Crippen LogP contribution is 2.42. The minimum absolute atomic E-state index is 0.170. The number of hydrogen-bond donors (Lipinski definition) is 0. The summed E-state index contributed by atoms with van der Waals surface area (Å²) in [7, 11) is -3.37. The lowest BCUT2D eigenvalue weighted by Crippen LogP contribution is -2.18. The first kappa shape index (κ1) is 29.9. The van der Waals surface area contributed by atoms with Crippen molar-refractivity contribution in [1.29, 1.82) is 0 Å². The number of unbranched alkanes of at least 4 members (excludes halogenated alkanes) is 4. The number of benzene rings is 1. The van der Waals surface area contributed by atoms with Crippen LogP contribution in [0.4, 0.5) is 0 Å². The zero-order chi connectivity index (χ0) is 26.8. The Morgan fingerprint density at radius 2 is 1.81 bits per heavy atom. The van der Waals surface area contributed by atoms with E-state index in [-0.39, 0.29) is 17.1 Å². The summed E-state index contributed by atoms with van der Waals surface area (Å²) in [5.41, 5.74) is 3.28. The second-order valence-electron chi connectivity index (χ2n) is 10.3. The summed E-state index contributed by atoms with van der Waals surface area (Å²) in [5, 5.41) is 0. The van der Waals surface area contributed by atoms with Crippen LogP contribution in [0.25, 0.3) is 5.57 Å². The standard InChI is InChI=1S/C30H44O5S/c1-7-9-10-11-12-18-35-27-22-28-26(30(5,6)17-14-19-36(28,32)33)21-25(27)24(4)16-13-15-23(3)20-29(31)34-8-2/h13,15-16,20-22H,7-12,14,17-19H2,1-6H3/b15-13+,23-20+,24-16+. The van der Waals surface area contributed by atoms with E-state index in [0.29, 0.717) is 30.3 Å². The molecule has 1 aliphatic rings. The van der Waals surface area contributed by atoms with Gasteiger partial charge in [0.2, 0.25) is 0 Å². The summed E-state index contributed by atoms with van der Waals surface area (Å²) >= 11 is 0. The number of carbonyl (C=O) groups is 1. The number of rotatable bonds is 12. The Hall–Kier alpha value is -2.34. The largest absolute Gasteiger partial charge is 0.493 e. The predicted octanol–water partition coefficient (Wildman–Crippen LogP) is 7.35. The molecule has 0 bridgehead atoms. The zero-order valence-corrected chi connectivity index (χ0v) is 23.8. The lowest BCUT2D eigenvalue weighted by atomic mass is 9.79. The fourth-order valence-electron chi connectivity index (χ4n) is 4.46. The molecule has 0 N–H and O–H groups in total. The van der Waals surface area contributed by atoms with Crippen molar-refractivity contribution in [3.63, 3.8) is 0 Å². The SMILES string of the molecule is CCCCCCCOc1cc2c(cc1/C(C)=C/C=C/C(C)=C/C(=O)OCC)C(C)(C)CCCS2(=O)=O. The molecule has 0 radical (unpaired) electrons. The Balaban J connectivity index is 2.43. The van der Waals surface area contributed by atoms with Crippen molar-refractivity contribution in [3.05, 3.63) is 53.1 Å². The van der Waals surface area contributed by atoms with Gasteiger partial charge >= 0.3 is 5.97 Å². The van der Waals surface area contributed by atoms with Gasteiger partial charge in [-0.3, -0.25) is 0 Å². The summed E-state index contributed by atoms with van der Waals surface area (Å²) < 4.78 is 37.4. The maximum atomic E-state index is 13.1. The van der Waals surface area contributed by atoms with Crippen LogP contribution in [0.15, 0.2) is 46.9 Å². The molecule has 5 nitrogen and oxygen atoms in total. The van der Waals surface area contributed by atoms with Gasteiger partial charge in [0.1, 0.15) is 5.75 Å². The third-order valence-corrected chi connectivity index (χ3v) is 8.46. The van der Waals surface area contributed by atoms with Crippen LogP contribution in [0.3, 0.4) is 0 Å². The number of ether oxygens (including phenoxy) is 2. The molecule has 1 aromatic carbocycles. The fraction of sp³-hybridized carbons (Fsp3) is 0.567. The zero-order valence-electron chi connectivity index (χ0n) is 23.0. The minimum atomic E-state index is -3.37. The molecule has 0 atom stereocenters. The van der Waals surface area contributed by atoms with Crippen LogP contribution in [-0.4, -0.2) is 33.4 Å². The summed E-state index contributed by atoms with van der Waals surface area (Å²) in [6.07, 6.45) is 14.3. The molecule has 0 aromatic heterocycles. The molecule has 0 saturated heterocycles. The van der Waals surface area contributed by atoms with Gasteiger partial charge < -0.3 is 9.47 Å². The highest BCUT2D eigenvalue weighted by Gasteiger charge is 2.34. The molecule has 6 heteroatoms. The van der Waals surface area contributed by atoms with E-state index < -0.39 is 9.84 Å². The smallest absolute Gasteiger partial charge is 0.330 e. The van der Waals surface area contributed by atoms with Gasteiger partial charge in [0.05, 0.1) is 23.9 Å². The molecular formula is C30H44O5S. The third-order valence-electron chi connectivity index (χ3n) is 6.63. The van der Waals surface area contributed by atoms with E-state index in [4.69, 9.17) is 9.47 Å². The Morgan fingerprint density at radius 1 is 1.08 bits per heavy atom. The van der Waals surface area contributed by atoms with Crippen molar-refractivity contribution in [2.45, 2.75) is 96.8 Å². The average molecular weight is 517 g/mol. The molecule has 0 amide bonds. The molecule has 0 saturated carbocycles. The van der Waals surface area contributed by atoms with E-state index in [0.717, 1.165) is 41.5 Å². The molecular weight excluding hydrogens is 472 g/mol. The Bertz CT molecular complexity index is 1090. The number of allylic oxidation sites excluding steroid dienone is 5. The van der Waals surface area contributed by atoms with Gasteiger partial charge in [-0.2, -0.15) is 0 Å². The van der Waals surface area contributed by atoms with Crippen molar-refractivity contribution in [1.82, 2.24) is 0 Å². The Kier molecular flexibility index (Phi) is 11.5. The van der Waals surface area contributed by atoms with Crippen LogP contribution in [0.5, 0.6) is 5.75 Å². The molecule has 0 aliphatic carbocycles. The van der Waals surface area contributed by atoms with Gasteiger partial charge in [-0.25, -0.2) is 13.2 Å². The first-order valence-electron chi connectivity index (χ1n) is 13.3. The van der Waals surface area contributed by atoms with Crippen molar-refractivity contribution >= 4 is 21.4 Å². The first-order chi connectivity index (χ1) is 17.0. The monoisotopic (exact) mass is 516 g/mol. The molecule has 200 valence electrons. The van der Waals surface area contributed by atoms with Crippen molar-refractivity contribution in [3.8, 4) is 5.75 Å². The van der Waals surface area contributed by atoms with E-state index in [9.17, 15) is 13.2 Å². The molecule has 1 heterocycles. The lowest BCUT2D eigenvalue weighted by molar-refractivity contribution is -0.137. The number of sulfone groups is 1. The van der Waals surface area contributed by atoms with Gasteiger partial charge in [-0.1, -0.05) is 64.7 Å². The molecule has 1 aromatic rings. The van der Waals surface area contributed by atoms with E-state index in [1.165, 1.54) is 25.3 Å². The molecule has 1 aliphatic heterocycles. The fourth-order valence-corrected chi connectivity index (χ4v) is 6.16. The van der Waals surface area contributed by atoms with E-state index in [1.54, 1.807) is 13.0 Å². The van der Waals surface area contributed by atoms with Crippen LogP contribution in [0.1, 0.15) is 97.6 Å². The molecule has 0 spiro atoms. The summed E-state index contributed by atoms with van der Waals surface area (Å²) in [6.45, 7) is 13.0. The molecule has 0 fully saturated rings. The summed E-state index contributed by atoms with van der Waals surface area (Å²) in [4.78, 5) is 12.1. The molecule has 0 unspecified atom stereocenters. The second-order valence-corrected chi connectivity index (χ2v) is 12.3. The van der Waals surface area contributed by atoms with Gasteiger partial charge in [0, 0.05) is 11.6 Å². The predicted molar refractivity (Wildman–Crippen MR) is 148 cm³/mol. The van der Waals surface area contributed by atoms with Gasteiger partial charge in [0.25, 0.3) is 0 Å². The normalized spacial score (nSPS) is 17.5. The van der Waals surface area contributed by atoms with E-state index in [2.05, 4.69) is 20.8 Å².